The van der Waals surface area contributed by atoms with E-state index in [9.17, 15) is 5.21 Å². The number of hydrogen-bond acceptors (Lipinski definition) is 3. The Kier molecular flexibility index (Phi) is 3.57. The average Bonchev–Trinajstić information content (AvgIpc) is 2.40. The van der Waals surface area contributed by atoms with Crippen LogP contribution in [0.2, 0.25) is 0 Å². The first-order valence-electron chi connectivity index (χ1n) is 5.68. The fourth-order valence-corrected chi connectivity index (χ4v) is 1.54. The lowest BCUT2D eigenvalue weighted by molar-refractivity contribution is -0.435. The molecule has 0 aromatic heterocycles. The van der Waals surface area contributed by atoms with Gasteiger partial charge in [-0.25, -0.2) is 0 Å². The largest absolute Gasteiger partial charge is 0.594 e. The topological polar surface area (TPSA) is 41.7 Å². The number of hydrogen-bond donors (Lipinski definition) is 0. The van der Waals surface area contributed by atoms with Gasteiger partial charge < -0.3 is 10.1 Å². The first kappa shape index (κ1) is 12.1. The maximum Gasteiger partial charge on any atom is 0.244 e. The van der Waals surface area contributed by atoms with Crippen LogP contribution in [0.5, 0.6) is 0 Å². The summed E-state index contributed by atoms with van der Waals surface area (Å²) in [5.74, 6) is 0. The van der Waals surface area contributed by atoms with E-state index in [1.165, 1.54) is 0 Å². The summed E-state index contributed by atoms with van der Waals surface area (Å²) in [7, 11) is 3.94. The minimum Gasteiger partial charge on any atom is -0.594 e. The van der Waals surface area contributed by atoms with Gasteiger partial charge in [-0.05, 0) is 24.3 Å². The molecular formula is C14H15N3O. The molecule has 0 saturated carbocycles. The van der Waals surface area contributed by atoms with Gasteiger partial charge in [-0.15, -0.1) is 0 Å². The summed E-state index contributed by atoms with van der Waals surface area (Å²) in [6, 6.07) is 16.4. The van der Waals surface area contributed by atoms with Crippen LogP contribution in [0, 0.1) is 5.21 Å². The Morgan fingerprint density at radius 2 is 1.56 bits per heavy atom. The quantitative estimate of drug-likeness (QED) is 0.467. The van der Waals surface area contributed by atoms with Crippen molar-refractivity contribution in [3.05, 3.63) is 59.8 Å². The molecule has 2 rings (SSSR count). The van der Waals surface area contributed by atoms with Crippen LogP contribution in [0.1, 0.15) is 0 Å². The Morgan fingerprint density at radius 1 is 0.944 bits per heavy atom. The molecule has 0 aliphatic carbocycles. The Morgan fingerprint density at radius 3 is 2.11 bits per heavy atom. The molecule has 0 unspecified atom stereocenters. The molecule has 18 heavy (non-hydrogen) atoms. The van der Waals surface area contributed by atoms with Crippen LogP contribution >= 0.6 is 0 Å². The van der Waals surface area contributed by atoms with Crippen molar-refractivity contribution in [3.8, 4) is 0 Å². The zero-order valence-electron chi connectivity index (χ0n) is 10.4. The molecule has 0 bridgehead atoms. The molecule has 92 valence electrons. The fourth-order valence-electron chi connectivity index (χ4n) is 1.54. The van der Waals surface area contributed by atoms with E-state index >= 15 is 0 Å². The molecule has 0 fully saturated rings. The molecule has 0 aliphatic rings. The molecule has 4 nitrogen and oxygen atoms in total. The van der Waals surface area contributed by atoms with Crippen LogP contribution in [-0.2, 0) is 0 Å². The lowest BCUT2D eigenvalue weighted by atomic mass is 10.3. The van der Waals surface area contributed by atoms with Crippen molar-refractivity contribution >= 4 is 17.1 Å². The maximum atomic E-state index is 11.8. The van der Waals surface area contributed by atoms with Crippen LogP contribution in [0.4, 0.5) is 17.1 Å². The summed E-state index contributed by atoms with van der Waals surface area (Å²) in [4.78, 5) is 2.63. The third kappa shape index (κ3) is 2.85. The first-order valence-corrected chi connectivity index (χ1v) is 5.68. The van der Waals surface area contributed by atoms with Gasteiger partial charge in [0.1, 0.15) is 5.69 Å². The standard InChI is InChI=1S/C14H15N3O/c1-16(2)13-10-8-12(9-11-13)15-17(18)14-6-4-3-5-7-14/h3-11H,1-2H3/b17-15-. The molecular weight excluding hydrogens is 226 g/mol. The fraction of sp³-hybridized carbons (Fsp3) is 0.143. The van der Waals surface area contributed by atoms with Gasteiger partial charge in [0.2, 0.25) is 5.69 Å². The minimum atomic E-state index is 0.522. The van der Waals surface area contributed by atoms with E-state index in [-0.39, 0.29) is 0 Å². The van der Waals surface area contributed by atoms with Crippen molar-refractivity contribution in [1.82, 2.24) is 0 Å². The molecule has 2 aromatic carbocycles. The number of para-hydroxylation sites is 1. The molecule has 0 aliphatic heterocycles. The number of nitrogens with zero attached hydrogens (tertiary/aromatic N) is 3. The highest BCUT2D eigenvalue weighted by molar-refractivity contribution is 5.51. The molecule has 2 aromatic rings. The van der Waals surface area contributed by atoms with Crippen LogP contribution in [0.3, 0.4) is 0 Å². The van der Waals surface area contributed by atoms with Crippen molar-refractivity contribution in [3.63, 3.8) is 0 Å². The molecule has 0 amide bonds. The third-order valence-electron chi connectivity index (χ3n) is 2.55. The van der Waals surface area contributed by atoms with Gasteiger partial charge in [0.15, 0.2) is 0 Å². The zero-order chi connectivity index (χ0) is 13.0. The second-order valence-electron chi connectivity index (χ2n) is 4.12. The highest BCUT2D eigenvalue weighted by Gasteiger charge is 2.02. The average molecular weight is 241 g/mol. The predicted octanol–water partition coefficient (Wildman–Crippen LogP) is 3.68. The molecule has 0 heterocycles. The van der Waals surface area contributed by atoms with Gasteiger partial charge in [0.05, 0.1) is 0 Å². The Bertz CT molecular complexity index is 533. The van der Waals surface area contributed by atoms with Crippen molar-refractivity contribution in [2.24, 2.45) is 5.11 Å². The van der Waals surface area contributed by atoms with Gasteiger partial charge in [-0.2, -0.15) is 0 Å². The van der Waals surface area contributed by atoms with Gasteiger partial charge in [-0.3, -0.25) is 0 Å². The molecule has 0 radical (unpaired) electrons. The number of azo groups is 1. The van der Waals surface area contributed by atoms with Gasteiger partial charge in [0.25, 0.3) is 0 Å². The van der Waals surface area contributed by atoms with Crippen molar-refractivity contribution < 1.29 is 4.86 Å². The molecule has 0 saturated heterocycles. The number of benzene rings is 2. The lowest BCUT2D eigenvalue weighted by Crippen LogP contribution is -2.07. The summed E-state index contributed by atoms with van der Waals surface area (Å²) >= 11 is 0. The SMILES string of the molecule is CN(C)c1ccc(/N=[N+](\[O-])c2ccccc2)cc1. The minimum absolute atomic E-state index is 0.522. The highest BCUT2D eigenvalue weighted by Crippen LogP contribution is 2.20. The summed E-state index contributed by atoms with van der Waals surface area (Å²) in [5, 5.41) is 15.8. The van der Waals surface area contributed by atoms with E-state index in [4.69, 9.17) is 0 Å². The van der Waals surface area contributed by atoms with Crippen LogP contribution < -0.4 is 4.90 Å². The van der Waals surface area contributed by atoms with Gasteiger partial charge >= 0.3 is 0 Å². The lowest BCUT2D eigenvalue weighted by Gasteiger charge is -2.11. The zero-order valence-corrected chi connectivity index (χ0v) is 10.4. The number of rotatable bonds is 3. The Hall–Kier alpha value is -2.36. The van der Waals surface area contributed by atoms with Crippen molar-refractivity contribution in [2.45, 2.75) is 0 Å². The van der Waals surface area contributed by atoms with E-state index in [0.29, 0.717) is 16.2 Å². The molecule has 4 heteroatoms. The smallest absolute Gasteiger partial charge is 0.244 e. The molecule has 0 N–H and O–H groups in total. The molecule has 0 atom stereocenters. The van der Waals surface area contributed by atoms with E-state index < -0.39 is 0 Å². The second-order valence-corrected chi connectivity index (χ2v) is 4.12. The summed E-state index contributed by atoms with van der Waals surface area (Å²) < 4.78 is 0. The monoisotopic (exact) mass is 241 g/mol. The predicted molar refractivity (Wildman–Crippen MR) is 72.6 cm³/mol. The van der Waals surface area contributed by atoms with E-state index in [0.717, 1.165) is 5.69 Å². The van der Waals surface area contributed by atoms with Crippen LogP contribution in [0.25, 0.3) is 0 Å². The summed E-state index contributed by atoms with van der Waals surface area (Å²) in [5.41, 5.74) is 2.24. The van der Waals surface area contributed by atoms with E-state index in [1.807, 2.05) is 61.5 Å². The summed E-state index contributed by atoms with van der Waals surface area (Å²) in [6.45, 7) is 0. The maximum absolute atomic E-state index is 11.8. The van der Waals surface area contributed by atoms with E-state index in [2.05, 4.69) is 5.11 Å². The molecule has 0 spiro atoms. The van der Waals surface area contributed by atoms with Crippen molar-refractivity contribution in [1.29, 1.82) is 0 Å². The van der Waals surface area contributed by atoms with E-state index in [1.54, 1.807) is 12.1 Å². The van der Waals surface area contributed by atoms with Gasteiger partial charge in [-0.1, -0.05) is 23.1 Å². The van der Waals surface area contributed by atoms with Gasteiger partial charge in [0, 0.05) is 37.0 Å². The van der Waals surface area contributed by atoms with Crippen LogP contribution in [0.15, 0.2) is 59.7 Å². The Labute approximate surface area is 106 Å². The third-order valence-corrected chi connectivity index (χ3v) is 2.55. The van der Waals surface area contributed by atoms with Crippen molar-refractivity contribution in [2.75, 3.05) is 19.0 Å². The normalized spacial score (nSPS) is 11.3. The Balaban J connectivity index is 2.23. The number of anilines is 1. The second kappa shape index (κ2) is 5.31. The highest BCUT2D eigenvalue weighted by atomic mass is 16.5. The van der Waals surface area contributed by atoms with Crippen LogP contribution in [-0.4, -0.2) is 19.0 Å². The summed E-state index contributed by atoms with van der Waals surface area (Å²) in [6.07, 6.45) is 0. The first-order chi connectivity index (χ1) is 8.66.